The predicted molar refractivity (Wildman–Crippen MR) is 66.0 cm³/mol. The fraction of sp³-hybridized carbons (Fsp3) is 0.364. The monoisotopic (exact) mass is 320 g/mol. The van der Waals surface area contributed by atoms with E-state index < -0.39 is 5.60 Å². The molecule has 0 fully saturated rings. The van der Waals surface area contributed by atoms with Crippen LogP contribution in [0.3, 0.4) is 0 Å². The summed E-state index contributed by atoms with van der Waals surface area (Å²) in [6.07, 6.45) is 0. The Hall–Kier alpha value is -0.780. The SMILES string of the molecule is CC(C)(C)OC(=O)c1ccc(O)cc1I. The van der Waals surface area contributed by atoms with Crippen LogP contribution in [0.4, 0.5) is 0 Å². The van der Waals surface area contributed by atoms with E-state index in [1.165, 1.54) is 12.1 Å². The second kappa shape index (κ2) is 4.38. The molecule has 0 atom stereocenters. The molecule has 4 heteroatoms. The second-order valence-corrected chi connectivity index (χ2v) is 5.33. The van der Waals surface area contributed by atoms with Crippen molar-refractivity contribution < 1.29 is 14.6 Å². The fourth-order valence-electron chi connectivity index (χ4n) is 1.00. The van der Waals surface area contributed by atoms with E-state index in [4.69, 9.17) is 4.74 Å². The number of hydrogen-bond acceptors (Lipinski definition) is 3. The van der Waals surface area contributed by atoms with Crippen molar-refractivity contribution >= 4 is 28.6 Å². The average molecular weight is 320 g/mol. The Labute approximate surface area is 103 Å². The van der Waals surface area contributed by atoms with Gasteiger partial charge in [0, 0.05) is 3.57 Å². The Balaban J connectivity index is 2.92. The zero-order chi connectivity index (χ0) is 11.6. The van der Waals surface area contributed by atoms with Crippen LogP contribution in [0.25, 0.3) is 0 Å². The highest BCUT2D eigenvalue weighted by molar-refractivity contribution is 14.1. The molecule has 0 spiro atoms. The first-order valence-electron chi connectivity index (χ1n) is 4.51. The van der Waals surface area contributed by atoms with E-state index in [0.29, 0.717) is 9.13 Å². The predicted octanol–water partition coefficient (Wildman–Crippen LogP) is 2.95. The number of esters is 1. The number of hydrogen-bond donors (Lipinski definition) is 1. The third kappa shape index (κ3) is 3.70. The lowest BCUT2D eigenvalue weighted by atomic mass is 10.1. The van der Waals surface area contributed by atoms with Crippen molar-refractivity contribution in [1.82, 2.24) is 0 Å². The van der Waals surface area contributed by atoms with Gasteiger partial charge in [-0.3, -0.25) is 0 Å². The summed E-state index contributed by atoms with van der Waals surface area (Å²) in [6.45, 7) is 5.45. The topological polar surface area (TPSA) is 46.5 Å². The summed E-state index contributed by atoms with van der Waals surface area (Å²) in [7, 11) is 0. The van der Waals surface area contributed by atoms with Gasteiger partial charge in [0.15, 0.2) is 0 Å². The van der Waals surface area contributed by atoms with Gasteiger partial charge in [-0.2, -0.15) is 0 Å². The van der Waals surface area contributed by atoms with Crippen LogP contribution in [0.2, 0.25) is 0 Å². The third-order valence-electron chi connectivity index (χ3n) is 1.57. The van der Waals surface area contributed by atoms with E-state index >= 15 is 0 Å². The number of phenolic OH excluding ortho intramolecular Hbond substituents is 1. The van der Waals surface area contributed by atoms with Gasteiger partial charge in [0.25, 0.3) is 0 Å². The minimum absolute atomic E-state index is 0.145. The Morgan fingerprint density at radius 1 is 1.40 bits per heavy atom. The maximum absolute atomic E-state index is 11.7. The molecule has 0 heterocycles. The van der Waals surface area contributed by atoms with E-state index in [2.05, 4.69) is 0 Å². The molecular weight excluding hydrogens is 307 g/mol. The Kier molecular flexibility index (Phi) is 3.59. The van der Waals surface area contributed by atoms with Crippen LogP contribution < -0.4 is 0 Å². The molecule has 15 heavy (non-hydrogen) atoms. The van der Waals surface area contributed by atoms with E-state index in [1.54, 1.807) is 6.07 Å². The van der Waals surface area contributed by atoms with Crippen molar-refractivity contribution in [3.63, 3.8) is 0 Å². The van der Waals surface area contributed by atoms with Crippen molar-refractivity contribution in [2.45, 2.75) is 26.4 Å². The lowest BCUT2D eigenvalue weighted by Crippen LogP contribution is -2.24. The van der Waals surface area contributed by atoms with Gasteiger partial charge in [0.2, 0.25) is 0 Å². The number of aromatic hydroxyl groups is 1. The highest BCUT2D eigenvalue weighted by Crippen LogP contribution is 2.21. The Bertz CT molecular complexity index is 380. The standard InChI is InChI=1S/C11H13IO3/c1-11(2,3)15-10(14)8-5-4-7(13)6-9(8)12/h4-6,13H,1-3H3. The van der Waals surface area contributed by atoms with Crippen molar-refractivity contribution in [2.75, 3.05) is 0 Å². The van der Waals surface area contributed by atoms with Crippen molar-refractivity contribution in [1.29, 1.82) is 0 Å². The molecule has 0 aromatic heterocycles. The van der Waals surface area contributed by atoms with E-state index in [-0.39, 0.29) is 11.7 Å². The highest BCUT2D eigenvalue weighted by atomic mass is 127. The normalized spacial score (nSPS) is 11.2. The summed E-state index contributed by atoms with van der Waals surface area (Å²) in [6, 6.07) is 4.56. The summed E-state index contributed by atoms with van der Waals surface area (Å²) in [4.78, 5) is 11.7. The molecule has 1 aromatic carbocycles. The van der Waals surface area contributed by atoms with E-state index in [1.807, 2.05) is 43.4 Å². The molecule has 0 aliphatic rings. The van der Waals surface area contributed by atoms with Gasteiger partial charge in [-0.05, 0) is 61.6 Å². The summed E-state index contributed by atoms with van der Waals surface area (Å²) in [5.41, 5.74) is -0.0266. The molecule has 1 N–H and O–H groups in total. The smallest absolute Gasteiger partial charge is 0.339 e. The van der Waals surface area contributed by atoms with Crippen molar-refractivity contribution in [3.8, 4) is 5.75 Å². The molecule has 0 saturated heterocycles. The van der Waals surface area contributed by atoms with Crippen LogP contribution in [0.15, 0.2) is 18.2 Å². The van der Waals surface area contributed by atoms with Crippen LogP contribution in [0.5, 0.6) is 5.75 Å². The fourth-order valence-corrected chi connectivity index (χ4v) is 1.72. The second-order valence-electron chi connectivity index (χ2n) is 4.17. The summed E-state index contributed by atoms with van der Waals surface area (Å²) in [5, 5.41) is 9.19. The number of benzene rings is 1. The molecule has 1 rings (SSSR count). The molecule has 1 aromatic rings. The Morgan fingerprint density at radius 2 is 2.00 bits per heavy atom. The maximum atomic E-state index is 11.7. The number of ether oxygens (including phenoxy) is 1. The quantitative estimate of drug-likeness (QED) is 0.639. The van der Waals surface area contributed by atoms with Crippen molar-refractivity contribution in [2.24, 2.45) is 0 Å². The number of carbonyl (C=O) groups excluding carboxylic acids is 1. The van der Waals surface area contributed by atoms with Gasteiger partial charge in [-0.1, -0.05) is 0 Å². The highest BCUT2D eigenvalue weighted by Gasteiger charge is 2.19. The maximum Gasteiger partial charge on any atom is 0.339 e. The molecule has 0 aliphatic heterocycles. The van der Waals surface area contributed by atoms with Crippen LogP contribution in [0, 0.1) is 3.57 Å². The molecule has 3 nitrogen and oxygen atoms in total. The number of phenols is 1. The first-order valence-corrected chi connectivity index (χ1v) is 5.59. The van der Waals surface area contributed by atoms with Crippen LogP contribution in [-0.4, -0.2) is 16.7 Å². The zero-order valence-electron chi connectivity index (χ0n) is 8.87. The molecule has 0 amide bonds. The zero-order valence-corrected chi connectivity index (χ0v) is 11.0. The lowest BCUT2D eigenvalue weighted by molar-refractivity contribution is 0.00683. The van der Waals surface area contributed by atoms with E-state index in [0.717, 1.165) is 0 Å². The molecule has 0 unspecified atom stereocenters. The average Bonchev–Trinajstić information content (AvgIpc) is 1.99. The largest absolute Gasteiger partial charge is 0.508 e. The minimum Gasteiger partial charge on any atom is -0.508 e. The van der Waals surface area contributed by atoms with Crippen molar-refractivity contribution in [3.05, 3.63) is 27.3 Å². The molecule has 0 aliphatic carbocycles. The molecule has 0 bridgehead atoms. The summed E-state index contributed by atoms with van der Waals surface area (Å²) in [5.74, 6) is -0.224. The van der Waals surface area contributed by atoms with Gasteiger partial charge in [-0.25, -0.2) is 4.79 Å². The number of halogens is 1. The summed E-state index contributed by atoms with van der Waals surface area (Å²) < 4.78 is 5.90. The molecule has 0 saturated carbocycles. The van der Waals surface area contributed by atoms with Crippen LogP contribution >= 0.6 is 22.6 Å². The molecule has 0 radical (unpaired) electrons. The summed E-state index contributed by atoms with van der Waals surface area (Å²) >= 11 is 1.99. The van der Waals surface area contributed by atoms with Gasteiger partial charge in [0.1, 0.15) is 11.4 Å². The first-order chi connectivity index (χ1) is 6.79. The Morgan fingerprint density at radius 3 is 2.47 bits per heavy atom. The minimum atomic E-state index is -0.502. The van der Waals surface area contributed by atoms with Gasteiger partial charge in [-0.15, -0.1) is 0 Å². The van der Waals surface area contributed by atoms with Crippen LogP contribution in [0.1, 0.15) is 31.1 Å². The van der Waals surface area contributed by atoms with Gasteiger partial charge >= 0.3 is 5.97 Å². The first kappa shape index (κ1) is 12.3. The third-order valence-corrected chi connectivity index (χ3v) is 2.46. The van der Waals surface area contributed by atoms with Crippen LogP contribution in [-0.2, 0) is 4.74 Å². The van der Waals surface area contributed by atoms with Gasteiger partial charge < -0.3 is 9.84 Å². The molecular formula is C11H13IO3. The number of rotatable bonds is 1. The molecule has 82 valence electrons. The number of carbonyl (C=O) groups is 1. The van der Waals surface area contributed by atoms with E-state index in [9.17, 15) is 9.90 Å². The van der Waals surface area contributed by atoms with Gasteiger partial charge in [0.05, 0.1) is 5.56 Å². The lowest BCUT2D eigenvalue weighted by Gasteiger charge is -2.19.